The molecule has 0 atom stereocenters. The van der Waals surface area contributed by atoms with Gasteiger partial charge >= 0.3 is 12.4 Å². The summed E-state index contributed by atoms with van der Waals surface area (Å²) in [5.74, 6) is 0.232. The Hall–Kier alpha value is -3.62. The first-order chi connectivity index (χ1) is 14.5. The number of H-pyrrole nitrogens is 1. The molecule has 0 aliphatic carbocycles. The highest BCUT2D eigenvalue weighted by atomic mass is 19.4. The summed E-state index contributed by atoms with van der Waals surface area (Å²) in [4.78, 5) is 19.2. The zero-order valence-corrected chi connectivity index (χ0v) is 15.5. The normalized spacial score (nSPS) is 12.3. The van der Waals surface area contributed by atoms with E-state index in [0.717, 1.165) is 0 Å². The van der Waals surface area contributed by atoms with Gasteiger partial charge in [-0.3, -0.25) is 4.79 Å². The molecule has 0 saturated heterocycles. The van der Waals surface area contributed by atoms with Crippen LogP contribution in [0.3, 0.4) is 0 Å². The first kappa shape index (κ1) is 20.6. The molecular weight excluding hydrogens is 422 g/mol. The molecule has 0 amide bonds. The smallest absolute Gasteiger partial charge is 0.306 e. The number of para-hydroxylation sites is 1. The monoisotopic (exact) mass is 434 g/mol. The molecule has 0 unspecified atom stereocenters. The van der Waals surface area contributed by atoms with Crippen molar-refractivity contribution in [1.29, 1.82) is 0 Å². The molecule has 3 aromatic carbocycles. The van der Waals surface area contributed by atoms with E-state index < -0.39 is 23.5 Å². The Bertz CT molecular complexity index is 1290. The molecule has 0 bridgehead atoms. The molecule has 31 heavy (non-hydrogen) atoms. The van der Waals surface area contributed by atoms with Gasteiger partial charge in [0, 0.05) is 5.56 Å². The van der Waals surface area contributed by atoms with Crippen molar-refractivity contribution in [2.45, 2.75) is 12.4 Å². The number of hydrogen-bond acceptors (Lipinski definition) is 2. The highest BCUT2D eigenvalue weighted by Gasteiger charge is 2.37. The van der Waals surface area contributed by atoms with Gasteiger partial charge in [-0.15, -0.1) is 0 Å². The number of halogens is 6. The molecule has 158 valence electrons. The van der Waals surface area contributed by atoms with Crippen molar-refractivity contribution in [2.75, 3.05) is 0 Å². The first-order valence-corrected chi connectivity index (χ1v) is 8.92. The number of nitrogens with zero attached hydrogens (tertiary/aromatic N) is 1. The molecule has 3 nitrogen and oxygen atoms in total. The second kappa shape index (κ2) is 7.26. The van der Waals surface area contributed by atoms with Crippen molar-refractivity contribution < 1.29 is 26.3 Å². The van der Waals surface area contributed by atoms with Gasteiger partial charge in [0.05, 0.1) is 22.0 Å². The van der Waals surface area contributed by atoms with Crippen molar-refractivity contribution in [1.82, 2.24) is 9.97 Å². The number of aromatic nitrogens is 2. The molecular formula is C22H12F6N2O. The van der Waals surface area contributed by atoms with E-state index in [1.807, 2.05) is 0 Å². The summed E-state index contributed by atoms with van der Waals surface area (Å²) in [7, 11) is 0. The minimum Gasteiger partial charge on any atom is -0.306 e. The van der Waals surface area contributed by atoms with Crippen LogP contribution in [0.5, 0.6) is 0 Å². The van der Waals surface area contributed by atoms with Crippen LogP contribution in [0, 0.1) is 0 Å². The predicted molar refractivity (Wildman–Crippen MR) is 103 cm³/mol. The van der Waals surface area contributed by atoms with Crippen LogP contribution in [-0.2, 0) is 12.4 Å². The first-order valence-electron chi connectivity index (χ1n) is 8.92. The van der Waals surface area contributed by atoms with E-state index in [0.29, 0.717) is 28.6 Å². The lowest BCUT2D eigenvalue weighted by atomic mass is 9.98. The highest BCUT2D eigenvalue weighted by Crippen LogP contribution is 2.38. The van der Waals surface area contributed by atoms with Crippen LogP contribution in [0.25, 0.3) is 33.4 Å². The number of fused-ring (bicyclic) bond motifs is 1. The topological polar surface area (TPSA) is 45.8 Å². The third-order valence-electron chi connectivity index (χ3n) is 4.69. The van der Waals surface area contributed by atoms with Crippen molar-refractivity contribution in [3.63, 3.8) is 0 Å². The average Bonchev–Trinajstić information content (AvgIpc) is 2.72. The van der Waals surface area contributed by atoms with E-state index in [1.165, 1.54) is 24.3 Å². The maximum absolute atomic E-state index is 13.1. The third-order valence-corrected chi connectivity index (χ3v) is 4.69. The Morgan fingerprint density at radius 2 is 1.23 bits per heavy atom. The maximum Gasteiger partial charge on any atom is 0.416 e. The third kappa shape index (κ3) is 4.16. The van der Waals surface area contributed by atoms with E-state index in [1.54, 1.807) is 24.3 Å². The van der Waals surface area contributed by atoms with E-state index in [4.69, 9.17) is 0 Å². The number of nitrogens with one attached hydrogen (secondary N) is 1. The van der Waals surface area contributed by atoms with E-state index in [9.17, 15) is 31.1 Å². The molecule has 0 aliphatic heterocycles. The molecule has 4 rings (SSSR count). The van der Waals surface area contributed by atoms with Gasteiger partial charge < -0.3 is 4.98 Å². The van der Waals surface area contributed by atoms with Crippen LogP contribution in [0.4, 0.5) is 26.3 Å². The highest BCUT2D eigenvalue weighted by molar-refractivity contribution is 5.79. The number of aromatic amines is 1. The fourth-order valence-electron chi connectivity index (χ4n) is 3.17. The number of rotatable bonds is 2. The van der Waals surface area contributed by atoms with Crippen LogP contribution < -0.4 is 5.56 Å². The van der Waals surface area contributed by atoms with Gasteiger partial charge in [0.25, 0.3) is 5.56 Å². The molecule has 1 aromatic heterocycles. The summed E-state index contributed by atoms with van der Waals surface area (Å²) in [5, 5.41) is 0.395. The minimum atomic E-state index is -4.93. The number of alkyl halides is 6. The summed E-state index contributed by atoms with van der Waals surface area (Å²) in [6.45, 7) is 0. The van der Waals surface area contributed by atoms with Crippen LogP contribution in [0.1, 0.15) is 11.1 Å². The van der Waals surface area contributed by atoms with Gasteiger partial charge in [-0.05, 0) is 41.5 Å². The van der Waals surface area contributed by atoms with Crippen molar-refractivity contribution in [3.05, 3.63) is 88.2 Å². The minimum absolute atomic E-state index is 0.0849. The zero-order valence-electron chi connectivity index (χ0n) is 15.5. The molecule has 9 heteroatoms. The molecule has 1 heterocycles. The predicted octanol–water partition coefficient (Wildman–Crippen LogP) is 6.29. The molecule has 0 aliphatic rings. The van der Waals surface area contributed by atoms with Crippen LogP contribution in [0.2, 0.25) is 0 Å². The van der Waals surface area contributed by atoms with Crippen LogP contribution in [-0.4, -0.2) is 9.97 Å². The number of hydrogen-bond donors (Lipinski definition) is 1. The number of benzene rings is 3. The maximum atomic E-state index is 13.1. The Morgan fingerprint density at radius 1 is 0.677 bits per heavy atom. The van der Waals surface area contributed by atoms with Gasteiger partial charge in [0.15, 0.2) is 0 Å². The Balaban J connectivity index is 1.77. The molecule has 0 saturated carbocycles. The fraction of sp³-hybridized carbons (Fsp3) is 0.0909. The van der Waals surface area contributed by atoms with E-state index in [-0.39, 0.29) is 28.6 Å². The summed E-state index contributed by atoms with van der Waals surface area (Å²) in [6.07, 6.45) is -9.85. The second-order valence-corrected chi connectivity index (χ2v) is 6.80. The fourth-order valence-corrected chi connectivity index (χ4v) is 3.17. The van der Waals surface area contributed by atoms with Gasteiger partial charge in [0.2, 0.25) is 0 Å². The Kier molecular flexibility index (Phi) is 4.83. The Morgan fingerprint density at radius 3 is 1.81 bits per heavy atom. The SMILES string of the molecule is O=c1[nH]c(-c2ccc(-c3cc(C(F)(F)F)cc(C(F)(F)F)c3)cc2)nc2ccccc12. The van der Waals surface area contributed by atoms with Crippen molar-refractivity contribution >= 4 is 10.9 Å². The summed E-state index contributed by atoms with van der Waals surface area (Å²) in [5.41, 5.74) is -2.30. The van der Waals surface area contributed by atoms with Crippen molar-refractivity contribution in [2.24, 2.45) is 0 Å². The average molecular weight is 434 g/mol. The van der Waals surface area contributed by atoms with E-state index in [2.05, 4.69) is 9.97 Å². The lowest BCUT2D eigenvalue weighted by molar-refractivity contribution is -0.143. The lowest BCUT2D eigenvalue weighted by Gasteiger charge is -2.14. The van der Waals surface area contributed by atoms with Crippen LogP contribution in [0.15, 0.2) is 71.5 Å². The second-order valence-electron chi connectivity index (χ2n) is 6.80. The summed E-state index contributed by atoms with van der Waals surface area (Å²) < 4.78 is 78.6. The standard InChI is InChI=1S/C22H12F6N2O/c23-21(24,25)15-9-14(10-16(11-15)22(26,27)28)12-5-7-13(8-6-12)19-29-18-4-2-1-3-17(18)20(31)30-19/h1-11H,(H,29,30,31). The largest absolute Gasteiger partial charge is 0.416 e. The quantitative estimate of drug-likeness (QED) is 0.377. The van der Waals surface area contributed by atoms with Crippen molar-refractivity contribution in [3.8, 4) is 22.5 Å². The summed E-state index contributed by atoms with van der Waals surface area (Å²) in [6, 6.07) is 13.8. The van der Waals surface area contributed by atoms with Gasteiger partial charge in [-0.1, -0.05) is 36.4 Å². The zero-order chi connectivity index (χ0) is 22.4. The molecule has 0 radical (unpaired) electrons. The van der Waals surface area contributed by atoms with E-state index >= 15 is 0 Å². The van der Waals surface area contributed by atoms with Gasteiger partial charge in [-0.2, -0.15) is 26.3 Å². The lowest BCUT2D eigenvalue weighted by Crippen LogP contribution is -2.11. The Labute approximate surface area is 171 Å². The molecule has 0 spiro atoms. The molecule has 4 aromatic rings. The molecule has 1 N–H and O–H groups in total. The molecule has 0 fully saturated rings. The van der Waals surface area contributed by atoms with Gasteiger partial charge in [0.1, 0.15) is 5.82 Å². The summed E-state index contributed by atoms with van der Waals surface area (Å²) >= 11 is 0. The van der Waals surface area contributed by atoms with Crippen LogP contribution >= 0.6 is 0 Å². The van der Waals surface area contributed by atoms with Gasteiger partial charge in [-0.25, -0.2) is 4.98 Å².